The lowest BCUT2D eigenvalue weighted by atomic mass is 10.3. The average molecular weight is 223 g/mol. The SMILES string of the molecule is C=Cc1cc2c(SF)cccn2c1.CC. The van der Waals surface area contributed by atoms with Gasteiger partial charge in [-0.05, 0) is 23.8 Å². The molecule has 0 spiro atoms. The van der Waals surface area contributed by atoms with Crippen LogP contribution in [0.15, 0.2) is 42.1 Å². The highest BCUT2D eigenvalue weighted by atomic mass is 32.2. The summed E-state index contributed by atoms with van der Waals surface area (Å²) in [6.45, 7) is 7.67. The minimum Gasteiger partial charge on any atom is -0.322 e. The van der Waals surface area contributed by atoms with Gasteiger partial charge in [0.05, 0.1) is 22.6 Å². The third-order valence-corrected chi connectivity index (χ3v) is 2.45. The third kappa shape index (κ3) is 2.42. The highest BCUT2D eigenvalue weighted by Crippen LogP contribution is 2.25. The minimum atomic E-state index is 0.267. The Hall–Kier alpha value is -1.22. The molecule has 0 atom stereocenters. The van der Waals surface area contributed by atoms with Gasteiger partial charge in [0.25, 0.3) is 0 Å². The van der Waals surface area contributed by atoms with E-state index in [0.717, 1.165) is 11.1 Å². The van der Waals surface area contributed by atoms with Crippen LogP contribution in [-0.4, -0.2) is 4.40 Å². The molecule has 0 radical (unpaired) electrons. The van der Waals surface area contributed by atoms with Crippen LogP contribution in [0.1, 0.15) is 19.4 Å². The fourth-order valence-corrected chi connectivity index (χ4v) is 1.68. The maximum atomic E-state index is 12.4. The predicted molar refractivity (Wildman–Crippen MR) is 65.8 cm³/mol. The summed E-state index contributed by atoms with van der Waals surface area (Å²) in [6.07, 6.45) is 5.56. The molecule has 2 aromatic rings. The van der Waals surface area contributed by atoms with Crippen LogP contribution in [0.3, 0.4) is 0 Å². The Labute approximate surface area is 93.9 Å². The van der Waals surface area contributed by atoms with Gasteiger partial charge >= 0.3 is 0 Å². The molecular weight excluding hydrogens is 209 g/mol. The smallest absolute Gasteiger partial charge is 0.0834 e. The molecule has 80 valence electrons. The summed E-state index contributed by atoms with van der Waals surface area (Å²) in [7, 11) is 0. The maximum absolute atomic E-state index is 12.4. The standard InChI is InChI=1S/C10H8FNS.C2H6/c1-2-8-6-9-10(13-11)4-3-5-12(9)7-8;1-2/h2-7H,1H2;1-2H3. The summed E-state index contributed by atoms with van der Waals surface area (Å²) in [4.78, 5) is 0.635. The van der Waals surface area contributed by atoms with Crippen LogP contribution in [0.25, 0.3) is 11.6 Å². The number of hydrogen-bond acceptors (Lipinski definition) is 1. The topological polar surface area (TPSA) is 4.41 Å². The van der Waals surface area contributed by atoms with Gasteiger partial charge < -0.3 is 4.40 Å². The Kier molecular flexibility index (Phi) is 4.43. The number of rotatable bonds is 2. The number of hydrogen-bond donors (Lipinski definition) is 0. The molecule has 0 bridgehead atoms. The van der Waals surface area contributed by atoms with Crippen LogP contribution >= 0.6 is 12.1 Å². The molecule has 1 nitrogen and oxygen atoms in total. The first-order valence-electron chi connectivity index (χ1n) is 4.87. The van der Waals surface area contributed by atoms with Gasteiger partial charge in [-0.1, -0.05) is 26.5 Å². The zero-order valence-corrected chi connectivity index (χ0v) is 9.72. The van der Waals surface area contributed by atoms with Crippen LogP contribution in [0, 0.1) is 0 Å². The minimum absolute atomic E-state index is 0.267. The Bertz CT molecular complexity index is 448. The molecule has 0 N–H and O–H groups in total. The zero-order valence-electron chi connectivity index (χ0n) is 8.90. The molecule has 0 aliphatic rings. The number of pyridine rings is 1. The Balaban J connectivity index is 0.000000531. The first-order chi connectivity index (χ1) is 7.35. The highest BCUT2D eigenvalue weighted by molar-refractivity contribution is 7.94. The van der Waals surface area contributed by atoms with Gasteiger partial charge in [-0.15, -0.1) is 0 Å². The monoisotopic (exact) mass is 223 g/mol. The normalized spacial score (nSPS) is 9.53. The van der Waals surface area contributed by atoms with Gasteiger partial charge in [0, 0.05) is 12.4 Å². The molecule has 2 aromatic heterocycles. The van der Waals surface area contributed by atoms with E-state index in [9.17, 15) is 3.89 Å². The number of nitrogens with zero attached hydrogens (tertiary/aromatic N) is 1. The highest BCUT2D eigenvalue weighted by Gasteiger charge is 2.02. The fourth-order valence-electron chi connectivity index (χ4n) is 1.31. The van der Waals surface area contributed by atoms with E-state index in [1.807, 2.05) is 42.8 Å². The average Bonchev–Trinajstić information content (AvgIpc) is 2.74. The van der Waals surface area contributed by atoms with E-state index in [4.69, 9.17) is 0 Å². The lowest BCUT2D eigenvalue weighted by Gasteiger charge is -1.96. The molecule has 0 unspecified atom stereocenters. The van der Waals surface area contributed by atoms with E-state index in [2.05, 4.69) is 6.58 Å². The van der Waals surface area contributed by atoms with Crippen molar-refractivity contribution in [1.29, 1.82) is 0 Å². The van der Waals surface area contributed by atoms with Crippen molar-refractivity contribution in [3.05, 3.63) is 42.7 Å². The molecule has 15 heavy (non-hydrogen) atoms. The zero-order chi connectivity index (χ0) is 11.3. The Morgan fingerprint density at radius 2 is 2.20 bits per heavy atom. The van der Waals surface area contributed by atoms with Crippen LogP contribution in [0.5, 0.6) is 0 Å². The number of fused-ring (bicyclic) bond motifs is 1. The molecule has 0 fully saturated rings. The molecule has 3 heteroatoms. The van der Waals surface area contributed by atoms with Crippen molar-refractivity contribution in [2.75, 3.05) is 0 Å². The summed E-state index contributed by atoms with van der Waals surface area (Å²) in [5.74, 6) is 0. The largest absolute Gasteiger partial charge is 0.322 e. The Morgan fingerprint density at radius 3 is 2.80 bits per heavy atom. The van der Waals surface area contributed by atoms with E-state index in [1.165, 1.54) is 0 Å². The van der Waals surface area contributed by atoms with Gasteiger partial charge in [0.2, 0.25) is 0 Å². The second-order valence-electron chi connectivity index (χ2n) is 2.72. The quantitative estimate of drug-likeness (QED) is 0.720. The van der Waals surface area contributed by atoms with Crippen molar-refractivity contribution in [1.82, 2.24) is 4.40 Å². The van der Waals surface area contributed by atoms with Crippen LogP contribution in [0.4, 0.5) is 3.89 Å². The molecule has 0 saturated heterocycles. The maximum Gasteiger partial charge on any atom is 0.0834 e. The van der Waals surface area contributed by atoms with Crippen molar-refractivity contribution in [3.63, 3.8) is 0 Å². The van der Waals surface area contributed by atoms with Gasteiger partial charge in [-0.3, -0.25) is 0 Å². The van der Waals surface area contributed by atoms with Crippen molar-refractivity contribution in [2.24, 2.45) is 0 Å². The summed E-state index contributed by atoms with van der Waals surface area (Å²) in [6, 6.07) is 5.49. The number of aromatic nitrogens is 1. The van der Waals surface area contributed by atoms with Gasteiger partial charge in [-0.25, -0.2) is 0 Å². The molecule has 0 saturated carbocycles. The van der Waals surface area contributed by atoms with Crippen molar-refractivity contribution in [3.8, 4) is 0 Å². The molecular formula is C12H14FNS. The Morgan fingerprint density at radius 1 is 1.47 bits per heavy atom. The molecule has 0 amide bonds. The summed E-state index contributed by atoms with van der Waals surface area (Å²) >= 11 is 0.267. The van der Waals surface area contributed by atoms with Crippen LogP contribution in [-0.2, 0) is 0 Å². The number of halogens is 1. The van der Waals surface area contributed by atoms with Gasteiger partial charge in [0.15, 0.2) is 0 Å². The van der Waals surface area contributed by atoms with E-state index in [1.54, 1.807) is 12.1 Å². The van der Waals surface area contributed by atoms with E-state index >= 15 is 0 Å². The first kappa shape index (κ1) is 11.9. The lowest BCUT2D eigenvalue weighted by Crippen LogP contribution is -1.80. The molecule has 0 aromatic carbocycles. The van der Waals surface area contributed by atoms with Crippen molar-refractivity contribution < 1.29 is 3.89 Å². The second kappa shape index (κ2) is 5.61. The van der Waals surface area contributed by atoms with Crippen molar-refractivity contribution >= 4 is 23.7 Å². The predicted octanol–water partition coefficient (Wildman–Crippen LogP) is 4.59. The first-order valence-corrected chi connectivity index (χ1v) is 5.58. The molecule has 0 aliphatic carbocycles. The third-order valence-electron chi connectivity index (χ3n) is 1.94. The molecule has 0 aliphatic heterocycles. The lowest BCUT2D eigenvalue weighted by molar-refractivity contribution is 0.934. The molecule has 2 rings (SSSR count). The second-order valence-corrected chi connectivity index (χ2v) is 3.31. The summed E-state index contributed by atoms with van der Waals surface area (Å²) in [5, 5.41) is 0. The van der Waals surface area contributed by atoms with Crippen LogP contribution < -0.4 is 0 Å². The fraction of sp³-hybridized carbons (Fsp3) is 0.167. The van der Waals surface area contributed by atoms with E-state index in [-0.39, 0.29) is 12.1 Å². The van der Waals surface area contributed by atoms with Gasteiger partial charge in [0.1, 0.15) is 0 Å². The van der Waals surface area contributed by atoms with E-state index < -0.39 is 0 Å². The van der Waals surface area contributed by atoms with Gasteiger partial charge in [-0.2, -0.15) is 3.89 Å². The van der Waals surface area contributed by atoms with E-state index in [0.29, 0.717) is 4.90 Å². The summed E-state index contributed by atoms with van der Waals surface area (Å²) < 4.78 is 14.3. The van der Waals surface area contributed by atoms with Crippen LogP contribution in [0.2, 0.25) is 0 Å². The van der Waals surface area contributed by atoms with Crippen molar-refractivity contribution in [2.45, 2.75) is 18.7 Å². The molecule has 2 heterocycles. The summed E-state index contributed by atoms with van der Waals surface area (Å²) in [5.41, 5.74) is 1.88.